The molecule has 4 aromatic rings. The van der Waals surface area contributed by atoms with Crippen LogP contribution >= 0.6 is 0 Å². The van der Waals surface area contributed by atoms with Crippen LogP contribution in [-0.2, 0) is 23.9 Å². The van der Waals surface area contributed by atoms with Crippen LogP contribution in [0, 0.1) is 11.2 Å². The number of imidazole rings is 1. The number of carbonyl (C=O) groups excluding carboxylic acids is 5. The summed E-state index contributed by atoms with van der Waals surface area (Å²) >= 11 is 0. The van der Waals surface area contributed by atoms with Crippen molar-refractivity contribution in [2.75, 3.05) is 89.0 Å². The van der Waals surface area contributed by atoms with E-state index in [0.717, 1.165) is 47.1 Å². The maximum atomic E-state index is 13.9. The van der Waals surface area contributed by atoms with Crippen LogP contribution < -0.4 is 20.9 Å². The number of anilines is 2. The van der Waals surface area contributed by atoms with Gasteiger partial charge in [0.05, 0.1) is 67.7 Å². The number of amidine groups is 1. The minimum atomic E-state index is -1.03. The van der Waals surface area contributed by atoms with E-state index in [-0.39, 0.29) is 48.3 Å². The first-order chi connectivity index (χ1) is 31.6. The minimum absolute atomic E-state index is 0.0308. The van der Waals surface area contributed by atoms with E-state index in [9.17, 15) is 28.4 Å². The number of aromatic amines is 1. The Morgan fingerprint density at radius 2 is 1.68 bits per heavy atom. The van der Waals surface area contributed by atoms with Crippen molar-refractivity contribution in [3.63, 3.8) is 0 Å². The number of fused-ring (bicyclic) bond motifs is 1. The average Bonchev–Trinajstić information content (AvgIpc) is 4.06. The third kappa shape index (κ3) is 10.8. The van der Waals surface area contributed by atoms with Gasteiger partial charge in [0.25, 0.3) is 11.8 Å². The van der Waals surface area contributed by atoms with Gasteiger partial charge in [-0.1, -0.05) is 24.3 Å². The van der Waals surface area contributed by atoms with Gasteiger partial charge in [-0.05, 0) is 73.4 Å². The zero-order valence-corrected chi connectivity index (χ0v) is 35.9. The maximum Gasteiger partial charge on any atom is 0.264 e. The smallest absolute Gasteiger partial charge is 0.264 e. The number of imide groups is 2. The molecule has 0 bridgehead atoms. The van der Waals surface area contributed by atoms with Gasteiger partial charge >= 0.3 is 0 Å². The van der Waals surface area contributed by atoms with Crippen molar-refractivity contribution in [1.82, 2.24) is 40.3 Å². The molecular formula is C46H52FN11O7. The molecule has 0 spiro atoms. The molecular weight excluding hydrogens is 838 g/mol. The maximum absolute atomic E-state index is 13.9. The van der Waals surface area contributed by atoms with Crippen molar-refractivity contribution in [3.8, 4) is 11.4 Å². The lowest BCUT2D eigenvalue weighted by molar-refractivity contribution is -0.136. The summed E-state index contributed by atoms with van der Waals surface area (Å²) in [4.78, 5) is 82.8. The number of nitrogens with zero attached hydrogens (tertiary/aromatic N) is 6. The van der Waals surface area contributed by atoms with E-state index in [1.807, 2.05) is 29.2 Å². The van der Waals surface area contributed by atoms with Gasteiger partial charge in [-0.25, -0.2) is 14.4 Å². The van der Waals surface area contributed by atoms with Crippen LogP contribution in [0.1, 0.15) is 63.8 Å². The monoisotopic (exact) mass is 889 g/mol. The highest BCUT2D eigenvalue weighted by Crippen LogP contribution is 2.34. The Morgan fingerprint density at radius 1 is 0.892 bits per heavy atom. The third-order valence-corrected chi connectivity index (χ3v) is 11.8. The highest BCUT2D eigenvalue weighted by Gasteiger charge is 2.45. The van der Waals surface area contributed by atoms with Crippen LogP contribution in [0.4, 0.5) is 15.9 Å². The van der Waals surface area contributed by atoms with Crippen molar-refractivity contribution in [2.24, 2.45) is 0 Å². The average molecular weight is 890 g/mol. The Balaban J connectivity index is 0.689. The molecule has 3 fully saturated rings. The minimum Gasteiger partial charge on any atom is -0.382 e. The zero-order chi connectivity index (χ0) is 45.3. The van der Waals surface area contributed by atoms with Crippen LogP contribution in [0.2, 0.25) is 0 Å². The molecule has 2 atom stereocenters. The zero-order valence-electron chi connectivity index (χ0n) is 35.9. The van der Waals surface area contributed by atoms with Gasteiger partial charge in [0, 0.05) is 57.9 Å². The van der Waals surface area contributed by atoms with Crippen LogP contribution in [0.15, 0.2) is 72.9 Å². The molecule has 8 rings (SSSR count). The second-order valence-corrected chi connectivity index (χ2v) is 16.1. The molecule has 65 heavy (non-hydrogen) atoms. The van der Waals surface area contributed by atoms with E-state index >= 15 is 0 Å². The number of pyridine rings is 1. The van der Waals surface area contributed by atoms with Gasteiger partial charge in [-0.15, -0.1) is 0 Å². The predicted molar refractivity (Wildman–Crippen MR) is 239 cm³/mol. The summed E-state index contributed by atoms with van der Waals surface area (Å²) in [5, 5.41) is 16.9. The summed E-state index contributed by atoms with van der Waals surface area (Å²) in [6.45, 7) is 5.83. The first-order valence-corrected chi connectivity index (χ1v) is 21.9. The number of H-pyrrole nitrogens is 1. The number of rotatable bonds is 18. The SMILES string of the molecule is N=C(/C=C\c1ncc(-c2cccc(N3CCN(CC(=O)NCCOCCOCCNc4cccc5c4C(=O)N(C4CCC(=O)NC4=O)C5=O)CC3)n2)[nH]1)N1CCC[C@@H]1c1cccc(F)c1. The Bertz CT molecular complexity index is 2450. The second-order valence-electron chi connectivity index (χ2n) is 16.1. The highest BCUT2D eigenvalue weighted by molar-refractivity contribution is 6.25. The highest BCUT2D eigenvalue weighted by atomic mass is 19.1. The number of hydrogen-bond donors (Lipinski definition) is 5. The molecule has 340 valence electrons. The van der Waals surface area contributed by atoms with E-state index in [1.54, 1.807) is 48.7 Å². The Morgan fingerprint density at radius 3 is 2.48 bits per heavy atom. The van der Waals surface area contributed by atoms with E-state index in [1.165, 1.54) is 6.07 Å². The van der Waals surface area contributed by atoms with Crippen LogP contribution in [0.25, 0.3) is 17.5 Å². The number of likely N-dealkylation sites (tertiary alicyclic amines) is 1. The molecule has 2 aromatic carbocycles. The number of halogens is 1. The fourth-order valence-corrected chi connectivity index (χ4v) is 8.57. The summed E-state index contributed by atoms with van der Waals surface area (Å²) in [6.07, 6.45) is 7.17. The Labute approximate surface area is 375 Å². The van der Waals surface area contributed by atoms with Gasteiger partial charge in [0.2, 0.25) is 17.7 Å². The molecule has 5 N–H and O–H groups in total. The molecule has 4 aliphatic rings. The fourth-order valence-electron chi connectivity index (χ4n) is 8.57. The second kappa shape index (κ2) is 20.8. The first kappa shape index (κ1) is 44.8. The van der Waals surface area contributed by atoms with Crippen molar-refractivity contribution in [1.29, 1.82) is 5.41 Å². The summed E-state index contributed by atoms with van der Waals surface area (Å²) in [6, 6.07) is 16.3. The summed E-state index contributed by atoms with van der Waals surface area (Å²) in [5.41, 5.74) is 3.23. The lowest BCUT2D eigenvalue weighted by atomic mass is 10.0. The van der Waals surface area contributed by atoms with Crippen molar-refractivity contribution in [3.05, 3.63) is 101 Å². The lowest BCUT2D eigenvalue weighted by Crippen LogP contribution is -2.54. The lowest BCUT2D eigenvalue weighted by Gasteiger charge is -2.35. The molecule has 19 heteroatoms. The number of aromatic nitrogens is 3. The van der Waals surface area contributed by atoms with E-state index in [0.29, 0.717) is 83.0 Å². The number of amides is 5. The summed E-state index contributed by atoms with van der Waals surface area (Å²) < 4.78 is 25.2. The number of ether oxygens (including phenoxy) is 2. The van der Waals surface area contributed by atoms with Crippen molar-refractivity contribution >= 4 is 53.0 Å². The molecule has 3 saturated heterocycles. The third-order valence-electron chi connectivity index (χ3n) is 11.8. The number of piperidine rings is 1. The van der Waals surface area contributed by atoms with E-state index in [2.05, 4.69) is 35.7 Å². The number of benzene rings is 2. The van der Waals surface area contributed by atoms with Crippen molar-refractivity contribution < 1.29 is 37.8 Å². The van der Waals surface area contributed by atoms with Gasteiger partial charge in [-0.3, -0.25) is 44.5 Å². The molecule has 2 aromatic heterocycles. The van der Waals surface area contributed by atoms with Gasteiger partial charge in [0.15, 0.2) is 0 Å². The topological polar surface area (TPSA) is 218 Å². The van der Waals surface area contributed by atoms with Gasteiger partial charge in [0.1, 0.15) is 29.3 Å². The van der Waals surface area contributed by atoms with Gasteiger partial charge < -0.3 is 34.9 Å². The molecule has 0 saturated carbocycles. The Hall–Kier alpha value is -6.83. The van der Waals surface area contributed by atoms with Crippen LogP contribution in [0.5, 0.6) is 0 Å². The molecule has 4 aliphatic heterocycles. The van der Waals surface area contributed by atoms with E-state index < -0.39 is 29.7 Å². The molecule has 1 unspecified atom stereocenters. The molecule has 6 heterocycles. The predicted octanol–water partition coefficient (Wildman–Crippen LogP) is 3.22. The van der Waals surface area contributed by atoms with Crippen LogP contribution in [-0.4, -0.2) is 150 Å². The van der Waals surface area contributed by atoms with E-state index in [4.69, 9.17) is 19.9 Å². The molecule has 0 radical (unpaired) electrons. The normalized spacial score (nSPS) is 19.0. The largest absolute Gasteiger partial charge is 0.382 e. The fraction of sp³-hybridized carbons (Fsp3) is 0.391. The number of carbonyl (C=O) groups is 5. The molecule has 18 nitrogen and oxygen atoms in total. The first-order valence-electron chi connectivity index (χ1n) is 21.9. The quantitative estimate of drug-likeness (QED) is 0.0420. The summed E-state index contributed by atoms with van der Waals surface area (Å²) in [7, 11) is 0. The summed E-state index contributed by atoms with van der Waals surface area (Å²) in [5.74, 6) is -0.786. The molecule has 5 amide bonds. The number of piperazine rings is 1. The molecule has 0 aliphatic carbocycles. The number of hydrogen-bond acceptors (Lipinski definition) is 13. The standard InChI is InChI=1S/C46H52FN11O7/c47-31-6-1-5-30(27-31)36-10-4-18-57(36)38(48)13-14-39-51-28-35(52-39)33-8-3-11-40(53-33)56-21-19-55(20-22-56)29-42(60)50-17-24-65-26-25-64-23-16-49-34-9-2-7-32-43(34)46(63)58(45(32)62)37-12-15-41(59)54-44(37)61/h1-3,5-9,11,13-14,27-28,36-37,48-49H,4,10,12,15-26,29H2,(H,50,60)(H,51,52)(H,54,59,61)/b14-13-,48-38?/t36-,37?/m1/s1. The number of nitrogens with one attached hydrogen (secondary N) is 5. The van der Waals surface area contributed by atoms with Gasteiger partial charge in [-0.2, -0.15) is 0 Å². The van der Waals surface area contributed by atoms with Crippen LogP contribution in [0.3, 0.4) is 0 Å². The Kier molecular flexibility index (Phi) is 14.3. The van der Waals surface area contributed by atoms with Crippen molar-refractivity contribution in [2.45, 2.75) is 37.8 Å².